The smallest absolute Gasteiger partial charge is 0.264 e. The number of thiocarbonyl (C=S) groups is 1. The lowest BCUT2D eigenvalue weighted by Crippen LogP contribution is -2.37. The van der Waals surface area contributed by atoms with Crippen LogP contribution in [0.4, 0.5) is 5.69 Å². The fourth-order valence-electron chi connectivity index (χ4n) is 1.99. The Kier molecular flexibility index (Phi) is 6.72. The van der Waals surface area contributed by atoms with E-state index in [0.29, 0.717) is 11.4 Å². The van der Waals surface area contributed by atoms with Crippen LogP contribution in [0.15, 0.2) is 46.9 Å². The number of aliphatic hydroxyl groups excluding tert-OH is 1. The fourth-order valence-corrected chi connectivity index (χ4v) is 2.70. The molecule has 1 amide bonds. The summed E-state index contributed by atoms with van der Waals surface area (Å²) in [5, 5.41) is 14.7. The molecule has 0 fully saturated rings. The predicted octanol–water partition coefficient (Wildman–Crippen LogP) is 3.14. The second-order valence-corrected chi connectivity index (χ2v) is 6.38. The van der Waals surface area contributed by atoms with E-state index in [4.69, 9.17) is 22.1 Å². The fraction of sp³-hybridized carbons (Fsp3) is 0.176. The maximum atomic E-state index is 11.9. The SMILES string of the molecule is Cc1cc(Br)ccc1OCC(=O)NC(=S)Nc1cccc(CO)c1. The summed E-state index contributed by atoms with van der Waals surface area (Å²) in [6, 6.07) is 12.7. The van der Waals surface area contributed by atoms with Crippen molar-refractivity contribution in [2.75, 3.05) is 11.9 Å². The molecule has 0 aliphatic rings. The van der Waals surface area contributed by atoms with E-state index in [1.807, 2.05) is 19.1 Å². The van der Waals surface area contributed by atoms with Gasteiger partial charge < -0.3 is 15.2 Å². The third-order valence-corrected chi connectivity index (χ3v) is 3.81. The van der Waals surface area contributed by atoms with Gasteiger partial charge >= 0.3 is 0 Å². The molecule has 5 nitrogen and oxygen atoms in total. The Bertz CT molecular complexity index is 752. The van der Waals surface area contributed by atoms with Crippen LogP contribution < -0.4 is 15.4 Å². The minimum absolute atomic E-state index is 0.0605. The van der Waals surface area contributed by atoms with Crippen LogP contribution in [-0.4, -0.2) is 22.7 Å². The van der Waals surface area contributed by atoms with Crippen LogP contribution in [0.1, 0.15) is 11.1 Å². The molecule has 7 heteroatoms. The molecule has 0 aliphatic carbocycles. The van der Waals surface area contributed by atoms with Crippen LogP contribution in [0.5, 0.6) is 5.75 Å². The lowest BCUT2D eigenvalue weighted by molar-refractivity contribution is -0.121. The number of halogens is 1. The highest BCUT2D eigenvalue weighted by Crippen LogP contribution is 2.21. The van der Waals surface area contributed by atoms with Crippen LogP contribution in [0.25, 0.3) is 0 Å². The van der Waals surface area contributed by atoms with E-state index in [-0.39, 0.29) is 24.2 Å². The number of benzene rings is 2. The second kappa shape index (κ2) is 8.77. The Morgan fingerprint density at radius 1 is 1.29 bits per heavy atom. The summed E-state index contributed by atoms with van der Waals surface area (Å²) in [5.41, 5.74) is 2.37. The average molecular weight is 409 g/mol. The van der Waals surface area contributed by atoms with E-state index in [0.717, 1.165) is 15.6 Å². The molecule has 0 atom stereocenters. The van der Waals surface area contributed by atoms with Crippen LogP contribution in [-0.2, 0) is 11.4 Å². The summed E-state index contributed by atoms with van der Waals surface area (Å²) in [6.45, 7) is 1.70. The number of aliphatic hydroxyl groups is 1. The number of nitrogens with one attached hydrogen (secondary N) is 2. The summed E-state index contributed by atoms with van der Waals surface area (Å²) < 4.78 is 6.44. The van der Waals surface area contributed by atoms with Gasteiger partial charge in [0.2, 0.25) is 0 Å². The molecule has 0 unspecified atom stereocenters. The van der Waals surface area contributed by atoms with Crippen LogP contribution in [0.3, 0.4) is 0 Å². The number of hydrogen-bond donors (Lipinski definition) is 3. The Morgan fingerprint density at radius 2 is 2.08 bits per heavy atom. The van der Waals surface area contributed by atoms with Gasteiger partial charge in [0.25, 0.3) is 5.91 Å². The number of anilines is 1. The van der Waals surface area contributed by atoms with E-state index < -0.39 is 0 Å². The van der Waals surface area contributed by atoms with Gasteiger partial charge in [-0.25, -0.2) is 0 Å². The number of carbonyl (C=O) groups excluding carboxylic acids is 1. The number of amides is 1. The molecule has 0 saturated carbocycles. The average Bonchev–Trinajstić information content (AvgIpc) is 2.54. The first kappa shape index (κ1) is 18.4. The molecule has 0 saturated heterocycles. The van der Waals surface area contributed by atoms with E-state index in [1.165, 1.54) is 0 Å². The van der Waals surface area contributed by atoms with Crippen molar-refractivity contribution in [2.24, 2.45) is 0 Å². The molecule has 0 heterocycles. The van der Waals surface area contributed by atoms with Gasteiger partial charge in [-0.05, 0) is 60.6 Å². The lowest BCUT2D eigenvalue weighted by Gasteiger charge is -2.12. The quantitative estimate of drug-likeness (QED) is 0.662. The van der Waals surface area contributed by atoms with Crippen molar-refractivity contribution in [2.45, 2.75) is 13.5 Å². The highest BCUT2D eigenvalue weighted by Gasteiger charge is 2.08. The van der Waals surface area contributed by atoms with Gasteiger partial charge in [-0.15, -0.1) is 0 Å². The second-order valence-electron chi connectivity index (χ2n) is 5.06. The first-order chi connectivity index (χ1) is 11.5. The monoisotopic (exact) mass is 408 g/mol. The van der Waals surface area contributed by atoms with Gasteiger partial charge in [-0.3, -0.25) is 10.1 Å². The highest BCUT2D eigenvalue weighted by atomic mass is 79.9. The van der Waals surface area contributed by atoms with Crippen LogP contribution in [0.2, 0.25) is 0 Å². The zero-order valence-electron chi connectivity index (χ0n) is 13.0. The molecule has 0 aliphatic heterocycles. The predicted molar refractivity (Wildman–Crippen MR) is 101 cm³/mol. The summed E-state index contributed by atoms with van der Waals surface area (Å²) >= 11 is 8.47. The van der Waals surface area contributed by atoms with Crippen molar-refractivity contribution in [1.82, 2.24) is 5.32 Å². The molecule has 2 aromatic rings. The maximum absolute atomic E-state index is 11.9. The van der Waals surface area contributed by atoms with Crippen molar-refractivity contribution >= 4 is 44.9 Å². The highest BCUT2D eigenvalue weighted by molar-refractivity contribution is 9.10. The molecule has 2 rings (SSSR count). The minimum Gasteiger partial charge on any atom is -0.483 e. The molecule has 0 spiro atoms. The number of aryl methyl sites for hydroxylation is 1. The van der Waals surface area contributed by atoms with Crippen molar-refractivity contribution in [3.05, 3.63) is 58.1 Å². The molecule has 126 valence electrons. The van der Waals surface area contributed by atoms with Gasteiger partial charge in [0.1, 0.15) is 5.75 Å². The maximum Gasteiger partial charge on any atom is 0.264 e. The number of ether oxygens (including phenoxy) is 1. The standard InChI is InChI=1S/C17H17BrN2O3S/c1-11-7-13(18)5-6-15(11)23-10-16(22)20-17(24)19-14-4-2-3-12(8-14)9-21/h2-8,21H,9-10H2,1H3,(H2,19,20,22,24). The van der Waals surface area contributed by atoms with Crippen molar-refractivity contribution < 1.29 is 14.6 Å². The lowest BCUT2D eigenvalue weighted by atomic mass is 10.2. The zero-order chi connectivity index (χ0) is 17.5. The first-order valence-electron chi connectivity index (χ1n) is 7.17. The molecule has 3 N–H and O–H groups in total. The normalized spacial score (nSPS) is 10.1. The Balaban J connectivity index is 1.84. The summed E-state index contributed by atoms with van der Waals surface area (Å²) in [5.74, 6) is 0.288. The molecule has 24 heavy (non-hydrogen) atoms. The van der Waals surface area contributed by atoms with E-state index in [1.54, 1.807) is 30.3 Å². The van der Waals surface area contributed by atoms with Crippen LogP contribution >= 0.6 is 28.1 Å². The summed E-state index contributed by atoms with van der Waals surface area (Å²) in [6.07, 6.45) is 0. The largest absolute Gasteiger partial charge is 0.483 e. The molecular formula is C17H17BrN2O3S. The minimum atomic E-state index is -0.354. The van der Waals surface area contributed by atoms with Crippen molar-refractivity contribution in [3.8, 4) is 5.75 Å². The molecule has 0 bridgehead atoms. The summed E-state index contributed by atoms with van der Waals surface area (Å²) in [4.78, 5) is 11.9. The molecule has 2 aromatic carbocycles. The molecule has 0 radical (unpaired) electrons. The van der Waals surface area contributed by atoms with Gasteiger partial charge in [-0.1, -0.05) is 28.1 Å². The zero-order valence-corrected chi connectivity index (χ0v) is 15.4. The topological polar surface area (TPSA) is 70.6 Å². The van der Waals surface area contributed by atoms with Gasteiger partial charge in [0, 0.05) is 10.2 Å². The number of carbonyl (C=O) groups is 1. The first-order valence-corrected chi connectivity index (χ1v) is 8.37. The Hall–Kier alpha value is -1.96. The van der Waals surface area contributed by atoms with Crippen molar-refractivity contribution in [1.29, 1.82) is 0 Å². The van der Waals surface area contributed by atoms with Gasteiger partial charge in [0.05, 0.1) is 6.61 Å². The number of rotatable bonds is 5. The van der Waals surface area contributed by atoms with Crippen molar-refractivity contribution in [3.63, 3.8) is 0 Å². The Morgan fingerprint density at radius 3 is 2.79 bits per heavy atom. The van der Waals surface area contributed by atoms with E-state index in [2.05, 4.69) is 26.6 Å². The summed E-state index contributed by atoms with van der Waals surface area (Å²) in [7, 11) is 0. The van der Waals surface area contributed by atoms with E-state index >= 15 is 0 Å². The third-order valence-electron chi connectivity index (χ3n) is 3.12. The third kappa shape index (κ3) is 5.59. The molecule has 0 aromatic heterocycles. The van der Waals surface area contributed by atoms with Crippen LogP contribution in [0, 0.1) is 6.92 Å². The van der Waals surface area contributed by atoms with Gasteiger partial charge in [0.15, 0.2) is 11.7 Å². The Labute approximate surface area is 154 Å². The van der Waals surface area contributed by atoms with Gasteiger partial charge in [-0.2, -0.15) is 0 Å². The van der Waals surface area contributed by atoms with E-state index in [9.17, 15) is 4.79 Å². The number of hydrogen-bond acceptors (Lipinski definition) is 4. The molecular weight excluding hydrogens is 392 g/mol.